The first-order valence-corrected chi connectivity index (χ1v) is 7.97. The van der Waals surface area contributed by atoms with Crippen molar-refractivity contribution >= 4 is 46.6 Å². The van der Waals surface area contributed by atoms with E-state index in [9.17, 15) is 18.4 Å². The molecule has 0 saturated carbocycles. The van der Waals surface area contributed by atoms with Crippen LogP contribution >= 0.6 is 46.6 Å². The fraction of sp³-hybridized carbons (Fsp3) is 0.143. The standard InChI is InChI=1S/C14H6Cl3F3N2S/c15-8-1-2-9(10(16)4-8)12(5-21)23-13-11(17)3-7(6-22-13)14(18,19)20/h1-4,6,12H. The van der Waals surface area contributed by atoms with E-state index >= 15 is 0 Å². The summed E-state index contributed by atoms with van der Waals surface area (Å²) in [7, 11) is 0. The maximum atomic E-state index is 12.6. The molecule has 0 bridgehead atoms. The Kier molecular flexibility index (Phi) is 5.69. The molecule has 23 heavy (non-hydrogen) atoms. The zero-order chi connectivity index (χ0) is 17.2. The van der Waals surface area contributed by atoms with Gasteiger partial charge in [-0.15, -0.1) is 0 Å². The van der Waals surface area contributed by atoms with Crippen LogP contribution in [0.4, 0.5) is 13.2 Å². The first kappa shape index (κ1) is 18.2. The Morgan fingerprint density at radius 1 is 1.13 bits per heavy atom. The summed E-state index contributed by atoms with van der Waals surface area (Å²) in [4.78, 5) is 3.70. The first-order valence-electron chi connectivity index (χ1n) is 5.96. The molecule has 0 fully saturated rings. The highest BCUT2D eigenvalue weighted by molar-refractivity contribution is 7.99. The first-order chi connectivity index (χ1) is 10.7. The Balaban J connectivity index is 2.31. The van der Waals surface area contributed by atoms with E-state index in [4.69, 9.17) is 34.8 Å². The van der Waals surface area contributed by atoms with Crippen LogP contribution in [0.3, 0.4) is 0 Å². The molecule has 0 radical (unpaired) electrons. The number of halogens is 6. The normalized spacial score (nSPS) is 12.7. The SMILES string of the molecule is N#CC(Sc1ncc(C(F)(F)F)cc1Cl)c1ccc(Cl)cc1Cl. The summed E-state index contributed by atoms with van der Waals surface area (Å²) < 4.78 is 37.8. The number of benzene rings is 1. The summed E-state index contributed by atoms with van der Waals surface area (Å²) in [6, 6.07) is 7.40. The number of aromatic nitrogens is 1. The third kappa shape index (κ3) is 4.45. The van der Waals surface area contributed by atoms with Gasteiger partial charge >= 0.3 is 6.18 Å². The summed E-state index contributed by atoms with van der Waals surface area (Å²) in [5, 5.41) is 9.12. The summed E-state index contributed by atoms with van der Waals surface area (Å²) in [5.74, 6) is 0. The van der Waals surface area contributed by atoms with Crippen LogP contribution in [-0.2, 0) is 6.18 Å². The van der Waals surface area contributed by atoms with Gasteiger partial charge in [-0.05, 0) is 23.8 Å². The Labute approximate surface area is 149 Å². The topological polar surface area (TPSA) is 36.7 Å². The summed E-state index contributed by atoms with van der Waals surface area (Å²) in [6.07, 6.45) is -3.86. The molecule has 0 aliphatic heterocycles. The van der Waals surface area contributed by atoms with Gasteiger partial charge in [0.15, 0.2) is 0 Å². The molecule has 120 valence electrons. The van der Waals surface area contributed by atoms with E-state index in [0.717, 1.165) is 17.8 Å². The van der Waals surface area contributed by atoms with Gasteiger partial charge in [-0.2, -0.15) is 18.4 Å². The van der Waals surface area contributed by atoms with Crippen molar-refractivity contribution in [3.63, 3.8) is 0 Å². The molecule has 1 atom stereocenters. The summed E-state index contributed by atoms with van der Waals surface area (Å²) in [6.45, 7) is 0. The van der Waals surface area contributed by atoms with E-state index in [1.165, 1.54) is 6.07 Å². The molecule has 1 aromatic heterocycles. The molecule has 0 aliphatic rings. The molecule has 9 heteroatoms. The number of hydrogen-bond acceptors (Lipinski definition) is 3. The van der Waals surface area contributed by atoms with Gasteiger partial charge in [0.05, 0.1) is 16.7 Å². The van der Waals surface area contributed by atoms with E-state index in [0.29, 0.717) is 16.8 Å². The Bertz CT molecular complexity index is 775. The molecule has 2 nitrogen and oxygen atoms in total. The summed E-state index contributed by atoms with van der Waals surface area (Å²) >= 11 is 18.6. The highest BCUT2D eigenvalue weighted by atomic mass is 35.5. The molecule has 0 N–H and O–H groups in total. The predicted molar refractivity (Wildman–Crippen MR) is 84.9 cm³/mol. The maximum absolute atomic E-state index is 12.6. The van der Waals surface area contributed by atoms with Crippen LogP contribution in [0.15, 0.2) is 35.5 Å². The molecule has 0 aliphatic carbocycles. The van der Waals surface area contributed by atoms with Crippen LogP contribution in [0.2, 0.25) is 15.1 Å². The number of nitriles is 1. The molecular formula is C14H6Cl3F3N2S. The average Bonchev–Trinajstić information content (AvgIpc) is 2.46. The second kappa shape index (κ2) is 7.18. The predicted octanol–water partition coefficient (Wildman–Crippen LogP) is 6.42. The largest absolute Gasteiger partial charge is 0.417 e. The van der Waals surface area contributed by atoms with Gasteiger partial charge in [0.25, 0.3) is 0 Å². The fourth-order valence-electron chi connectivity index (χ4n) is 1.65. The van der Waals surface area contributed by atoms with Gasteiger partial charge in [0.1, 0.15) is 10.3 Å². The number of rotatable bonds is 3. The van der Waals surface area contributed by atoms with Gasteiger partial charge in [-0.1, -0.05) is 52.6 Å². The molecule has 0 spiro atoms. The molecule has 2 aromatic rings. The number of nitrogens with zero attached hydrogens (tertiary/aromatic N) is 2. The van der Waals surface area contributed by atoms with Crippen molar-refractivity contribution in [2.45, 2.75) is 16.5 Å². The van der Waals surface area contributed by atoms with Gasteiger partial charge < -0.3 is 0 Å². The minimum atomic E-state index is -4.53. The Morgan fingerprint density at radius 3 is 2.35 bits per heavy atom. The molecule has 0 saturated heterocycles. The molecule has 0 amide bonds. The van der Waals surface area contributed by atoms with Crippen molar-refractivity contribution in [3.05, 3.63) is 56.7 Å². The minimum absolute atomic E-state index is 0.109. The van der Waals surface area contributed by atoms with Crippen molar-refractivity contribution in [1.82, 2.24) is 4.98 Å². The van der Waals surface area contributed by atoms with Crippen molar-refractivity contribution < 1.29 is 13.2 Å². The minimum Gasteiger partial charge on any atom is -0.248 e. The number of alkyl halides is 3. The van der Waals surface area contributed by atoms with E-state index in [1.807, 2.05) is 6.07 Å². The fourth-order valence-corrected chi connectivity index (χ4v) is 3.43. The van der Waals surface area contributed by atoms with Gasteiger partial charge in [0.2, 0.25) is 0 Å². The average molecular weight is 398 g/mol. The molecule has 1 unspecified atom stereocenters. The lowest BCUT2D eigenvalue weighted by Crippen LogP contribution is -2.06. The highest BCUT2D eigenvalue weighted by Crippen LogP contribution is 2.41. The van der Waals surface area contributed by atoms with E-state index < -0.39 is 17.0 Å². The van der Waals surface area contributed by atoms with E-state index in [2.05, 4.69) is 4.98 Å². The molecular weight excluding hydrogens is 392 g/mol. The van der Waals surface area contributed by atoms with Crippen LogP contribution in [0, 0.1) is 11.3 Å². The van der Waals surface area contributed by atoms with Crippen molar-refractivity contribution in [1.29, 1.82) is 5.26 Å². The highest BCUT2D eigenvalue weighted by Gasteiger charge is 2.32. The molecule has 2 rings (SSSR count). The van der Waals surface area contributed by atoms with Gasteiger partial charge in [-0.25, -0.2) is 4.98 Å². The van der Waals surface area contributed by atoms with Crippen LogP contribution in [0.1, 0.15) is 16.4 Å². The lowest BCUT2D eigenvalue weighted by atomic mass is 10.1. The Morgan fingerprint density at radius 2 is 1.83 bits per heavy atom. The van der Waals surface area contributed by atoms with Crippen LogP contribution in [0.5, 0.6) is 0 Å². The lowest BCUT2D eigenvalue weighted by Gasteiger charge is -2.13. The number of hydrogen-bond donors (Lipinski definition) is 0. The lowest BCUT2D eigenvalue weighted by molar-refractivity contribution is -0.137. The second-order valence-corrected chi connectivity index (χ2v) is 6.65. The molecule has 1 aromatic carbocycles. The zero-order valence-corrected chi connectivity index (χ0v) is 14.1. The monoisotopic (exact) mass is 396 g/mol. The van der Waals surface area contributed by atoms with Crippen LogP contribution in [0.25, 0.3) is 0 Å². The van der Waals surface area contributed by atoms with Gasteiger partial charge in [-0.3, -0.25) is 0 Å². The zero-order valence-electron chi connectivity index (χ0n) is 11.0. The van der Waals surface area contributed by atoms with Crippen LogP contribution < -0.4 is 0 Å². The Hall–Kier alpha value is -1.13. The van der Waals surface area contributed by atoms with Gasteiger partial charge in [0, 0.05) is 16.2 Å². The smallest absolute Gasteiger partial charge is 0.248 e. The van der Waals surface area contributed by atoms with Crippen molar-refractivity contribution in [2.75, 3.05) is 0 Å². The summed E-state index contributed by atoms with van der Waals surface area (Å²) in [5.41, 5.74) is -0.480. The third-order valence-corrected chi connectivity index (χ3v) is 4.83. The third-order valence-electron chi connectivity index (χ3n) is 2.73. The second-order valence-electron chi connectivity index (χ2n) is 4.30. The number of pyridine rings is 1. The van der Waals surface area contributed by atoms with E-state index in [-0.39, 0.29) is 15.1 Å². The van der Waals surface area contributed by atoms with Crippen molar-refractivity contribution in [3.8, 4) is 6.07 Å². The van der Waals surface area contributed by atoms with Crippen molar-refractivity contribution in [2.24, 2.45) is 0 Å². The molecule has 1 heterocycles. The quantitative estimate of drug-likeness (QED) is 0.561. The maximum Gasteiger partial charge on any atom is 0.417 e. The van der Waals surface area contributed by atoms with E-state index in [1.54, 1.807) is 12.1 Å². The number of thioether (sulfide) groups is 1. The van der Waals surface area contributed by atoms with Crippen LogP contribution in [-0.4, -0.2) is 4.98 Å².